The third-order valence-corrected chi connectivity index (χ3v) is 6.57. The number of carbonyl (C=O) groups is 1. The Hall–Kier alpha value is -1.65. The molecule has 4 heterocycles. The summed E-state index contributed by atoms with van der Waals surface area (Å²) in [4.78, 5) is 16.5. The standard InChI is InChI=1S/C19H27F3N4O3/c20-19(21,22)16-9-15(23-24-16)17(28)25-5-3-18(4-6-25)10-14(27)11-26(12-18)13-1-7-29-8-2-13/h9,13-14,27H,1-8,10-12H2,(H,23,24). The summed E-state index contributed by atoms with van der Waals surface area (Å²) in [5, 5.41) is 15.9. The molecular weight excluding hydrogens is 389 g/mol. The molecule has 0 radical (unpaired) electrons. The Morgan fingerprint density at radius 3 is 2.59 bits per heavy atom. The molecule has 1 amide bonds. The molecule has 1 unspecified atom stereocenters. The van der Waals surface area contributed by atoms with Gasteiger partial charge in [0.1, 0.15) is 5.69 Å². The molecule has 29 heavy (non-hydrogen) atoms. The van der Waals surface area contributed by atoms with Gasteiger partial charge in [0, 0.05) is 51.5 Å². The molecule has 1 aromatic heterocycles. The molecule has 0 bridgehead atoms. The Labute approximate surface area is 167 Å². The number of hydrogen-bond acceptors (Lipinski definition) is 5. The smallest absolute Gasteiger partial charge is 0.392 e. The van der Waals surface area contributed by atoms with Crippen molar-refractivity contribution in [1.82, 2.24) is 20.0 Å². The molecule has 3 aliphatic rings. The lowest BCUT2D eigenvalue weighted by Gasteiger charge is -2.51. The second-order valence-corrected chi connectivity index (χ2v) is 8.59. The Balaban J connectivity index is 1.38. The zero-order chi connectivity index (χ0) is 20.6. The van der Waals surface area contributed by atoms with E-state index in [-0.39, 0.29) is 11.1 Å². The lowest BCUT2D eigenvalue weighted by molar-refractivity contribution is -0.141. The molecule has 1 aromatic rings. The highest BCUT2D eigenvalue weighted by Gasteiger charge is 2.44. The van der Waals surface area contributed by atoms with E-state index in [1.165, 1.54) is 0 Å². The van der Waals surface area contributed by atoms with Crippen molar-refractivity contribution in [1.29, 1.82) is 0 Å². The van der Waals surface area contributed by atoms with Gasteiger partial charge in [0.15, 0.2) is 5.69 Å². The maximum absolute atomic E-state index is 12.7. The van der Waals surface area contributed by atoms with Crippen LogP contribution < -0.4 is 0 Å². The fourth-order valence-corrected chi connectivity index (χ4v) is 5.01. The Kier molecular flexibility index (Phi) is 5.60. The number of halogens is 3. The quantitative estimate of drug-likeness (QED) is 0.770. The number of H-pyrrole nitrogens is 1. The first-order valence-corrected chi connectivity index (χ1v) is 10.2. The normalized spacial score (nSPS) is 26.8. The number of aromatic nitrogens is 2. The molecule has 0 saturated carbocycles. The minimum absolute atomic E-state index is 0.0601. The number of rotatable bonds is 2. The van der Waals surface area contributed by atoms with Gasteiger partial charge in [0.05, 0.1) is 6.10 Å². The van der Waals surface area contributed by atoms with E-state index in [9.17, 15) is 23.1 Å². The molecule has 162 valence electrons. The number of nitrogens with zero attached hydrogens (tertiary/aromatic N) is 3. The van der Waals surface area contributed by atoms with Crippen molar-refractivity contribution < 1.29 is 27.8 Å². The van der Waals surface area contributed by atoms with Crippen LogP contribution in [0.3, 0.4) is 0 Å². The van der Waals surface area contributed by atoms with Gasteiger partial charge >= 0.3 is 6.18 Å². The molecule has 4 rings (SSSR count). The average molecular weight is 416 g/mol. The molecule has 2 N–H and O–H groups in total. The number of likely N-dealkylation sites (tertiary alicyclic amines) is 2. The van der Waals surface area contributed by atoms with Gasteiger partial charge in [0.2, 0.25) is 0 Å². The van der Waals surface area contributed by atoms with Gasteiger partial charge in [0.25, 0.3) is 5.91 Å². The number of β-amino-alcohol motifs (C(OH)–C–C–N with tert-alkyl or cyclic N) is 1. The molecule has 3 fully saturated rings. The molecule has 1 spiro atoms. The van der Waals surface area contributed by atoms with Crippen molar-refractivity contribution in [2.24, 2.45) is 5.41 Å². The van der Waals surface area contributed by atoms with E-state index in [0.29, 0.717) is 32.1 Å². The highest BCUT2D eigenvalue weighted by atomic mass is 19.4. The van der Waals surface area contributed by atoms with Gasteiger partial charge in [-0.25, -0.2) is 0 Å². The lowest BCUT2D eigenvalue weighted by atomic mass is 9.71. The molecule has 10 heteroatoms. The lowest BCUT2D eigenvalue weighted by Crippen LogP contribution is -2.57. The Morgan fingerprint density at radius 1 is 1.28 bits per heavy atom. The van der Waals surface area contributed by atoms with Crippen LogP contribution >= 0.6 is 0 Å². The number of amides is 1. The van der Waals surface area contributed by atoms with E-state index >= 15 is 0 Å². The maximum atomic E-state index is 12.7. The van der Waals surface area contributed by atoms with E-state index in [0.717, 1.165) is 51.5 Å². The molecular formula is C19H27F3N4O3. The summed E-state index contributed by atoms with van der Waals surface area (Å²) in [6.45, 7) is 3.97. The van der Waals surface area contributed by atoms with Crippen molar-refractivity contribution in [3.05, 3.63) is 17.5 Å². The number of aliphatic hydroxyl groups is 1. The highest BCUT2D eigenvalue weighted by molar-refractivity contribution is 5.92. The van der Waals surface area contributed by atoms with Crippen LogP contribution in [0, 0.1) is 5.41 Å². The van der Waals surface area contributed by atoms with Crippen molar-refractivity contribution in [2.75, 3.05) is 39.4 Å². The Bertz CT molecular complexity index is 725. The van der Waals surface area contributed by atoms with E-state index in [1.54, 1.807) is 4.90 Å². The monoisotopic (exact) mass is 416 g/mol. The first kappa shape index (κ1) is 20.6. The molecule has 1 atom stereocenters. The minimum Gasteiger partial charge on any atom is -0.392 e. The number of hydrogen-bond donors (Lipinski definition) is 2. The van der Waals surface area contributed by atoms with Crippen LogP contribution in [0.2, 0.25) is 0 Å². The van der Waals surface area contributed by atoms with Gasteiger partial charge in [-0.1, -0.05) is 0 Å². The summed E-state index contributed by atoms with van der Waals surface area (Å²) in [5.74, 6) is -0.482. The molecule has 7 nitrogen and oxygen atoms in total. The van der Waals surface area contributed by atoms with Crippen molar-refractivity contribution in [3.8, 4) is 0 Å². The third-order valence-electron chi connectivity index (χ3n) is 6.57. The van der Waals surface area contributed by atoms with E-state index in [4.69, 9.17) is 4.74 Å². The number of alkyl halides is 3. The topological polar surface area (TPSA) is 81.7 Å². The van der Waals surface area contributed by atoms with Gasteiger partial charge < -0.3 is 14.7 Å². The minimum atomic E-state index is -4.55. The van der Waals surface area contributed by atoms with Crippen LogP contribution in [0.4, 0.5) is 13.2 Å². The van der Waals surface area contributed by atoms with Crippen molar-refractivity contribution in [2.45, 2.75) is 50.4 Å². The van der Waals surface area contributed by atoms with Crippen molar-refractivity contribution in [3.63, 3.8) is 0 Å². The second kappa shape index (κ2) is 7.88. The number of aromatic amines is 1. The largest absolute Gasteiger partial charge is 0.432 e. The average Bonchev–Trinajstić information content (AvgIpc) is 3.19. The number of nitrogens with one attached hydrogen (secondary N) is 1. The van der Waals surface area contributed by atoms with E-state index < -0.39 is 23.9 Å². The summed E-state index contributed by atoms with van der Waals surface area (Å²) in [5.41, 5.74) is -1.28. The van der Waals surface area contributed by atoms with Crippen molar-refractivity contribution >= 4 is 5.91 Å². The zero-order valence-corrected chi connectivity index (χ0v) is 16.2. The predicted molar refractivity (Wildman–Crippen MR) is 97.2 cm³/mol. The van der Waals surface area contributed by atoms with Gasteiger partial charge in [-0.3, -0.25) is 14.8 Å². The first-order chi connectivity index (χ1) is 13.8. The Morgan fingerprint density at radius 2 is 1.97 bits per heavy atom. The number of aliphatic hydroxyl groups excluding tert-OH is 1. The number of ether oxygens (including phenoxy) is 1. The fraction of sp³-hybridized carbons (Fsp3) is 0.789. The summed E-state index contributed by atoms with van der Waals surface area (Å²) in [7, 11) is 0. The highest BCUT2D eigenvalue weighted by Crippen LogP contribution is 2.41. The SMILES string of the molecule is O=C(c1cc(C(F)(F)F)[nH]n1)N1CCC2(CC1)CC(O)CN(C1CCOCC1)C2. The fourth-order valence-electron chi connectivity index (χ4n) is 5.01. The van der Waals surface area contributed by atoms with Crippen LogP contribution in [-0.2, 0) is 10.9 Å². The van der Waals surface area contributed by atoms with E-state index in [2.05, 4.69) is 10.00 Å². The summed E-state index contributed by atoms with van der Waals surface area (Å²) < 4.78 is 43.7. The van der Waals surface area contributed by atoms with Crippen LogP contribution in [0.5, 0.6) is 0 Å². The summed E-state index contributed by atoms with van der Waals surface area (Å²) >= 11 is 0. The van der Waals surface area contributed by atoms with Crippen LogP contribution in [-0.4, -0.2) is 82.5 Å². The van der Waals surface area contributed by atoms with Crippen LogP contribution in [0.15, 0.2) is 6.07 Å². The summed E-state index contributed by atoms with van der Waals surface area (Å²) in [6.07, 6.45) is -0.853. The van der Waals surface area contributed by atoms with E-state index in [1.807, 2.05) is 5.10 Å². The van der Waals surface area contributed by atoms with Crippen LogP contribution in [0.1, 0.15) is 48.3 Å². The number of piperidine rings is 2. The maximum Gasteiger partial charge on any atom is 0.432 e. The first-order valence-electron chi connectivity index (χ1n) is 10.2. The zero-order valence-electron chi connectivity index (χ0n) is 16.2. The predicted octanol–water partition coefficient (Wildman–Crippen LogP) is 1.90. The van der Waals surface area contributed by atoms with Gasteiger partial charge in [-0.15, -0.1) is 0 Å². The molecule has 0 aromatic carbocycles. The van der Waals surface area contributed by atoms with Gasteiger partial charge in [-0.05, 0) is 37.5 Å². The second-order valence-electron chi connectivity index (χ2n) is 8.59. The molecule has 3 aliphatic heterocycles. The van der Waals surface area contributed by atoms with Crippen LogP contribution in [0.25, 0.3) is 0 Å². The number of carbonyl (C=O) groups excluding carboxylic acids is 1. The molecule has 3 saturated heterocycles. The molecule has 0 aliphatic carbocycles. The van der Waals surface area contributed by atoms with Gasteiger partial charge in [-0.2, -0.15) is 18.3 Å². The summed E-state index contributed by atoms with van der Waals surface area (Å²) in [6, 6.07) is 1.18. The third kappa shape index (κ3) is 4.44.